The zero-order valence-electron chi connectivity index (χ0n) is 10.1. The second kappa shape index (κ2) is 4.82. The van der Waals surface area contributed by atoms with Crippen LogP contribution in [0.3, 0.4) is 0 Å². The summed E-state index contributed by atoms with van der Waals surface area (Å²) in [5.74, 6) is -0.465. The largest absolute Gasteiger partial charge is 0.476 e. The maximum atomic E-state index is 10.6. The van der Waals surface area contributed by atoms with Crippen LogP contribution in [-0.2, 0) is 13.6 Å². The normalized spacial score (nSPS) is 10.3. The number of hydrogen-bond acceptors (Lipinski definition) is 5. The molecule has 2 heterocycles. The Hall–Kier alpha value is -2.44. The number of anilines is 1. The maximum absolute atomic E-state index is 10.6. The van der Waals surface area contributed by atoms with Crippen LogP contribution in [0.15, 0.2) is 24.8 Å². The molecule has 0 amide bonds. The van der Waals surface area contributed by atoms with Gasteiger partial charge in [0.1, 0.15) is 5.82 Å². The van der Waals surface area contributed by atoms with E-state index in [0.29, 0.717) is 12.4 Å². The van der Waals surface area contributed by atoms with E-state index in [0.717, 1.165) is 5.56 Å². The smallest absolute Gasteiger partial charge is 0.356 e. The Morgan fingerprint density at radius 1 is 1.39 bits per heavy atom. The van der Waals surface area contributed by atoms with E-state index >= 15 is 0 Å². The van der Waals surface area contributed by atoms with Crippen molar-refractivity contribution in [2.45, 2.75) is 6.54 Å². The van der Waals surface area contributed by atoms with E-state index in [9.17, 15) is 4.79 Å². The fourth-order valence-corrected chi connectivity index (χ4v) is 1.54. The Morgan fingerprint density at radius 3 is 2.67 bits per heavy atom. The number of aryl methyl sites for hydroxylation is 1. The Labute approximate surface area is 104 Å². The minimum Gasteiger partial charge on any atom is -0.476 e. The Bertz CT molecular complexity index is 549. The fourth-order valence-electron chi connectivity index (χ4n) is 1.54. The molecule has 2 aromatic heterocycles. The molecule has 2 rings (SSSR count). The van der Waals surface area contributed by atoms with Gasteiger partial charge < -0.3 is 10.0 Å². The summed E-state index contributed by atoms with van der Waals surface area (Å²) in [5, 5.41) is 12.8. The number of aromatic nitrogens is 4. The van der Waals surface area contributed by atoms with Gasteiger partial charge in [0.15, 0.2) is 5.69 Å². The molecule has 18 heavy (non-hydrogen) atoms. The first-order valence-corrected chi connectivity index (χ1v) is 5.30. The van der Waals surface area contributed by atoms with Crippen molar-refractivity contribution >= 4 is 11.8 Å². The number of nitrogens with zero attached hydrogens (tertiary/aromatic N) is 5. The molecule has 0 aliphatic rings. The van der Waals surface area contributed by atoms with Gasteiger partial charge in [0, 0.05) is 32.4 Å². The molecule has 0 saturated carbocycles. The number of aromatic carboxylic acids is 1. The predicted octanol–water partition coefficient (Wildman–Crippen LogP) is 0.545. The molecule has 0 spiro atoms. The third-order valence-corrected chi connectivity index (χ3v) is 2.43. The van der Waals surface area contributed by atoms with Crippen LogP contribution in [0.4, 0.5) is 5.82 Å². The summed E-state index contributed by atoms with van der Waals surface area (Å²) in [4.78, 5) is 20.4. The highest BCUT2D eigenvalue weighted by molar-refractivity contribution is 5.84. The summed E-state index contributed by atoms with van der Waals surface area (Å²) in [6.07, 6.45) is 6.38. The van der Waals surface area contributed by atoms with E-state index in [-0.39, 0.29) is 5.69 Å². The van der Waals surface area contributed by atoms with Crippen molar-refractivity contribution in [1.29, 1.82) is 0 Å². The lowest BCUT2D eigenvalue weighted by atomic mass is 10.3. The minimum atomic E-state index is -1.08. The second-order valence-corrected chi connectivity index (χ2v) is 3.94. The van der Waals surface area contributed by atoms with Crippen molar-refractivity contribution in [2.75, 3.05) is 11.9 Å². The van der Waals surface area contributed by atoms with Crippen molar-refractivity contribution in [1.82, 2.24) is 19.7 Å². The van der Waals surface area contributed by atoms with Crippen molar-refractivity contribution in [3.8, 4) is 0 Å². The summed E-state index contributed by atoms with van der Waals surface area (Å²) in [6.45, 7) is 0.634. The first-order chi connectivity index (χ1) is 8.56. The first kappa shape index (κ1) is 12.0. The monoisotopic (exact) mass is 247 g/mol. The minimum absolute atomic E-state index is 0.0615. The van der Waals surface area contributed by atoms with Gasteiger partial charge >= 0.3 is 5.97 Å². The topological polar surface area (TPSA) is 84.1 Å². The van der Waals surface area contributed by atoms with Crippen LogP contribution >= 0.6 is 0 Å². The molecule has 7 heteroatoms. The summed E-state index contributed by atoms with van der Waals surface area (Å²) in [6, 6.07) is 0. The van der Waals surface area contributed by atoms with Crippen molar-refractivity contribution < 1.29 is 9.90 Å². The van der Waals surface area contributed by atoms with Crippen molar-refractivity contribution in [2.24, 2.45) is 7.05 Å². The highest BCUT2D eigenvalue weighted by Crippen LogP contribution is 2.10. The Balaban J connectivity index is 2.09. The Kier molecular flexibility index (Phi) is 3.22. The van der Waals surface area contributed by atoms with Crippen LogP contribution < -0.4 is 4.90 Å². The number of carbonyl (C=O) groups is 1. The number of rotatable bonds is 4. The average Bonchev–Trinajstić information content (AvgIpc) is 2.75. The van der Waals surface area contributed by atoms with Crippen LogP contribution in [0.1, 0.15) is 16.1 Å². The van der Waals surface area contributed by atoms with Crippen LogP contribution in [-0.4, -0.2) is 37.9 Å². The molecule has 0 unspecified atom stereocenters. The summed E-state index contributed by atoms with van der Waals surface area (Å²) >= 11 is 0. The third-order valence-electron chi connectivity index (χ3n) is 2.43. The van der Waals surface area contributed by atoms with Crippen molar-refractivity contribution in [3.05, 3.63) is 36.0 Å². The van der Waals surface area contributed by atoms with Gasteiger partial charge in [-0.3, -0.25) is 4.68 Å². The molecule has 2 aromatic rings. The van der Waals surface area contributed by atoms with E-state index in [4.69, 9.17) is 5.11 Å². The van der Waals surface area contributed by atoms with Gasteiger partial charge in [-0.15, -0.1) is 0 Å². The molecule has 0 radical (unpaired) electrons. The van der Waals surface area contributed by atoms with E-state index in [1.165, 1.54) is 12.4 Å². The van der Waals surface area contributed by atoms with Crippen LogP contribution in [0.2, 0.25) is 0 Å². The van der Waals surface area contributed by atoms with Gasteiger partial charge in [0.25, 0.3) is 0 Å². The molecule has 94 valence electrons. The number of hydrogen-bond donors (Lipinski definition) is 1. The summed E-state index contributed by atoms with van der Waals surface area (Å²) in [5.41, 5.74) is 0.984. The highest BCUT2D eigenvalue weighted by atomic mass is 16.4. The highest BCUT2D eigenvalue weighted by Gasteiger charge is 2.08. The third kappa shape index (κ3) is 2.62. The molecule has 0 aliphatic carbocycles. The lowest BCUT2D eigenvalue weighted by Crippen LogP contribution is -2.18. The molecular weight excluding hydrogens is 234 g/mol. The average molecular weight is 247 g/mol. The standard InChI is InChI=1S/C11H13N5O2/c1-15(6-8-3-14-16(2)7-8)10-5-12-9(4-13-10)11(17)18/h3-5,7H,6H2,1-2H3,(H,17,18). The van der Waals surface area contributed by atoms with E-state index in [1.807, 2.05) is 25.2 Å². The molecule has 7 nitrogen and oxygen atoms in total. The molecule has 0 atom stereocenters. The quantitative estimate of drug-likeness (QED) is 0.849. The van der Waals surface area contributed by atoms with Gasteiger partial charge in [-0.2, -0.15) is 5.10 Å². The maximum Gasteiger partial charge on any atom is 0.356 e. The van der Waals surface area contributed by atoms with Crippen LogP contribution in [0.25, 0.3) is 0 Å². The van der Waals surface area contributed by atoms with E-state index < -0.39 is 5.97 Å². The van der Waals surface area contributed by atoms with E-state index in [1.54, 1.807) is 10.9 Å². The first-order valence-electron chi connectivity index (χ1n) is 5.30. The number of carboxylic acids is 1. The SMILES string of the molecule is CN(Cc1cnn(C)c1)c1cnc(C(=O)O)cn1. The molecular formula is C11H13N5O2. The predicted molar refractivity (Wildman–Crippen MR) is 64.3 cm³/mol. The second-order valence-electron chi connectivity index (χ2n) is 3.94. The summed E-state index contributed by atoms with van der Waals surface area (Å²) in [7, 11) is 3.71. The zero-order chi connectivity index (χ0) is 13.1. The van der Waals surface area contributed by atoms with Gasteiger partial charge in [-0.1, -0.05) is 0 Å². The summed E-state index contributed by atoms with van der Waals surface area (Å²) < 4.78 is 1.72. The van der Waals surface area contributed by atoms with E-state index in [2.05, 4.69) is 15.1 Å². The Morgan fingerprint density at radius 2 is 2.17 bits per heavy atom. The lowest BCUT2D eigenvalue weighted by Gasteiger charge is -2.16. The van der Waals surface area contributed by atoms with Gasteiger partial charge in [-0.05, 0) is 0 Å². The molecule has 0 fully saturated rings. The fraction of sp³-hybridized carbons (Fsp3) is 0.273. The molecule has 0 aromatic carbocycles. The van der Waals surface area contributed by atoms with Crippen molar-refractivity contribution in [3.63, 3.8) is 0 Å². The molecule has 0 saturated heterocycles. The zero-order valence-corrected chi connectivity index (χ0v) is 10.1. The molecule has 0 bridgehead atoms. The van der Waals surface area contributed by atoms with Gasteiger partial charge in [-0.25, -0.2) is 14.8 Å². The van der Waals surface area contributed by atoms with Gasteiger partial charge in [0.05, 0.1) is 18.6 Å². The lowest BCUT2D eigenvalue weighted by molar-refractivity contribution is 0.0690. The van der Waals surface area contributed by atoms with Gasteiger partial charge in [0.2, 0.25) is 0 Å². The van der Waals surface area contributed by atoms with Crippen LogP contribution in [0.5, 0.6) is 0 Å². The molecule has 1 N–H and O–H groups in total. The molecule has 0 aliphatic heterocycles. The van der Waals surface area contributed by atoms with Crippen LogP contribution in [0, 0.1) is 0 Å². The number of carboxylic acid groups (broad SMARTS) is 1.